The highest BCUT2D eigenvalue weighted by Gasteiger charge is 2.22. The van der Waals surface area contributed by atoms with E-state index in [0.29, 0.717) is 5.69 Å². The fourth-order valence-electron chi connectivity index (χ4n) is 2.17. The van der Waals surface area contributed by atoms with Crippen LogP contribution < -0.4 is 10.0 Å². The SMILES string of the molecule is CC(C)N(C(=O)COC(=O)c1csc(S(N)(=O)=O)c1)c1ccccc1. The summed E-state index contributed by atoms with van der Waals surface area (Å²) in [6.07, 6.45) is 0. The Kier molecular flexibility index (Phi) is 5.93. The molecule has 2 aromatic rings. The molecule has 25 heavy (non-hydrogen) atoms. The van der Waals surface area contributed by atoms with Crippen LogP contribution in [0, 0.1) is 0 Å². The van der Waals surface area contributed by atoms with Crippen LogP contribution in [0.25, 0.3) is 0 Å². The second-order valence-corrected chi connectivity index (χ2v) is 8.17. The summed E-state index contributed by atoms with van der Waals surface area (Å²) in [5, 5.41) is 6.32. The molecule has 1 heterocycles. The summed E-state index contributed by atoms with van der Waals surface area (Å²) in [7, 11) is -3.87. The van der Waals surface area contributed by atoms with E-state index >= 15 is 0 Å². The first-order valence-corrected chi connectivity index (χ1v) is 9.78. The second kappa shape index (κ2) is 7.77. The molecule has 0 aliphatic carbocycles. The van der Waals surface area contributed by atoms with E-state index in [1.54, 1.807) is 12.1 Å². The number of sulfonamides is 1. The van der Waals surface area contributed by atoms with E-state index in [-0.39, 0.29) is 21.7 Å². The molecule has 7 nitrogen and oxygen atoms in total. The lowest BCUT2D eigenvalue weighted by Crippen LogP contribution is -2.39. The lowest BCUT2D eigenvalue weighted by Gasteiger charge is -2.26. The van der Waals surface area contributed by atoms with Gasteiger partial charge in [0.2, 0.25) is 10.0 Å². The number of anilines is 1. The van der Waals surface area contributed by atoms with Crippen molar-refractivity contribution in [3.63, 3.8) is 0 Å². The molecular formula is C16H18N2O5S2. The maximum atomic E-state index is 12.4. The fourth-order valence-corrected chi connectivity index (χ4v) is 3.75. The van der Waals surface area contributed by atoms with Gasteiger partial charge in [-0.25, -0.2) is 18.4 Å². The van der Waals surface area contributed by atoms with E-state index < -0.39 is 22.6 Å². The highest BCUT2D eigenvalue weighted by atomic mass is 32.2. The molecule has 0 saturated carbocycles. The number of benzene rings is 1. The maximum absolute atomic E-state index is 12.4. The predicted molar refractivity (Wildman–Crippen MR) is 95.0 cm³/mol. The number of carbonyl (C=O) groups is 2. The molecule has 1 aromatic heterocycles. The first-order chi connectivity index (χ1) is 11.7. The topological polar surface area (TPSA) is 107 Å². The summed E-state index contributed by atoms with van der Waals surface area (Å²) in [5.41, 5.74) is 0.739. The Bertz CT molecular complexity index is 860. The van der Waals surface area contributed by atoms with Crippen LogP contribution >= 0.6 is 11.3 Å². The van der Waals surface area contributed by atoms with Crippen LogP contribution in [0.3, 0.4) is 0 Å². The highest BCUT2D eigenvalue weighted by molar-refractivity contribution is 7.91. The summed E-state index contributed by atoms with van der Waals surface area (Å²) in [6.45, 7) is 3.25. The largest absolute Gasteiger partial charge is 0.452 e. The van der Waals surface area contributed by atoms with Crippen molar-refractivity contribution in [3.8, 4) is 0 Å². The molecule has 0 saturated heterocycles. The number of primary sulfonamides is 1. The van der Waals surface area contributed by atoms with Crippen LogP contribution in [0.1, 0.15) is 24.2 Å². The van der Waals surface area contributed by atoms with Gasteiger partial charge in [-0.2, -0.15) is 0 Å². The number of nitrogens with zero attached hydrogens (tertiary/aromatic N) is 1. The Morgan fingerprint density at radius 1 is 1.24 bits per heavy atom. The van der Waals surface area contributed by atoms with Crippen LogP contribution in [0.2, 0.25) is 0 Å². The van der Waals surface area contributed by atoms with Gasteiger partial charge < -0.3 is 9.64 Å². The number of amides is 1. The van der Waals surface area contributed by atoms with Crippen molar-refractivity contribution in [2.75, 3.05) is 11.5 Å². The molecule has 2 N–H and O–H groups in total. The number of nitrogens with two attached hydrogens (primary N) is 1. The number of hydrogen-bond donors (Lipinski definition) is 1. The number of carbonyl (C=O) groups excluding carboxylic acids is 2. The molecule has 0 aliphatic rings. The van der Waals surface area contributed by atoms with Gasteiger partial charge in [0.25, 0.3) is 5.91 Å². The average molecular weight is 382 g/mol. The van der Waals surface area contributed by atoms with Crippen molar-refractivity contribution in [1.29, 1.82) is 0 Å². The monoisotopic (exact) mass is 382 g/mol. The zero-order valence-corrected chi connectivity index (χ0v) is 15.3. The Morgan fingerprint density at radius 2 is 1.88 bits per heavy atom. The Labute approximate surface area is 150 Å². The Hall–Kier alpha value is -2.23. The molecule has 0 spiro atoms. The molecular weight excluding hydrogens is 364 g/mol. The molecule has 0 radical (unpaired) electrons. The first-order valence-electron chi connectivity index (χ1n) is 7.35. The molecule has 2 rings (SSSR count). The van der Waals surface area contributed by atoms with Crippen LogP contribution in [-0.2, 0) is 19.6 Å². The van der Waals surface area contributed by atoms with Gasteiger partial charge in [-0.15, -0.1) is 11.3 Å². The van der Waals surface area contributed by atoms with Gasteiger partial charge in [-0.1, -0.05) is 18.2 Å². The molecule has 0 aliphatic heterocycles. The molecule has 134 valence electrons. The van der Waals surface area contributed by atoms with Crippen LogP contribution in [0.5, 0.6) is 0 Å². The van der Waals surface area contributed by atoms with Gasteiger partial charge in [-0.05, 0) is 32.0 Å². The Morgan fingerprint density at radius 3 is 2.40 bits per heavy atom. The van der Waals surface area contributed by atoms with E-state index in [1.807, 2.05) is 32.0 Å². The minimum atomic E-state index is -3.87. The summed E-state index contributed by atoms with van der Waals surface area (Å²) >= 11 is 0.818. The van der Waals surface area contributed by atoms with E-state index in [1.165, 1.54) is 10.3 Å². The lowest BCUT2D eigenvalue weighted by molar-refractivity contribution is -0.122. The zero-order valence-electron chi connectivity index (χ0n) is 13.7. The number of ether oxygens (including phenoxy) is 1. The van der Waals surface area contributed by atoms with Crippen LogP contribution in [-0.4, -0.2) is 32.9 Å². The van der Waals surface area contributed by atoms with Crippen LogP contribution in [0.15, 0.2) is 46.0 Å². The first kappa shape index (κ1) is 19.1. The standard InChI is InChI=1S/C16H18N2O5S2/c1-11(2)18(13-6-4-3-5-7-13)14(19)9-23-16(20)12-8-15(24-10-12)25(17,21)22/h3-8,10-11H,9H2,1-2H3,(H2,17,21,22). The zero-order chi connectivity index (χ0) is 18.6. The lowest BCUT2D eigenvalue weighted by atomic mass is 10.2. The average Bonchev–Trinajstić information content (AvgIpc) is 3.04. The minimum absolute atomic E-state index is 0.0395. The van der Waals surface area contributed by atoms with Gasteiger partial charge in [0, 0.05) is 17.1 Å². The van der Waals surface area contributed by atoms with Crippen molar-refractivity contribution in [1.82, 2.24) is 0 Å². The van der Waals surface area contributed by atoms with E-state index in [4.69, 9.17) is 9.88 Å². The summed E-state index contributed by atoms with van der Waals surface area (Å²) in [4.78, 5) is 25.9. The molecule has 0 unspecified atom stereocenters. The van der Waals surface area contributed by atoms with Crippen molar-refractivity contribution in [2.45, 2.75) is 24.1 Å². The third-order valence-electron chi connectivity index (χ3n) is 3.24. The smallest absolute Gasteiger partial charge is 0.339 e. The minimum Gasteiger partial charge on any atom is -0.452 e. The third kappa shape index (κ3) is 4.88. The Balaban J connectivity index is 2.05. The van der Waals surface area contributed by atoms with Gasteiger partial charge in [0.1, 0.15) is 4.21 Å². The highest BCUT2D eigenvalue weighted by Crippen LogP contribution is 2.20. The number of thiophene rings is 1. The molecule has 1 amide bonds. The fraction of sp³-hybridized carbons (Fsp3) is 0.250. The van der Waals surface area contributed by atoms with Crippen molar-refractivity contribution < 1.29 is 22.7 Å². The summed E-state index contributed by atoms with van der Waals surface area (Å²) in [6, 6.07) is 10.0. The van der Waals surface area contributed by atoms with E-state index in [9.17, 15) is 18.0 Å². The van der Waals surface area contributed by atoms with E-state index in [2.05, 4.69) is 0 Å². The number of rotatable bonds is 6. The summed E-state index contributed by atoms with van der Waals surface area (Å²) in [5.74, 6) is -1.16. The van der Waals surface area contributed by atoms with Gasteiger partial charge in [0.05, 0.1) is 5.56 Å². The number of para-hydroxylation sites is 1. The predicted octanol–water partition coefficient (Wildman–Crippen LogP) is 1.99. The van der Waals surface area contributed by atoms with Gasteiger partial charge in [-0.3, -0.25) is 4.79 Å². The van der Waals surface area contributed by atoms with Crippen molar-refractivity contribution in [3.05, 3.63) is 47.3 Å². The van der Waals surface area contributed by atoms with Gasteiger partial charge in [0.15, 0.2) is 6.61 Å². The quantitative estimate of drug-likeness (QED) is 0.769. The van der Waals surface area contributed by atoms with E-state index in [0.717, 1.165) is 17.4 Å². The van der Waals surface area contributed by atoms with Crippen molar-refractivity contribution in [2.24, 2.45) is 5.14 Å². The molecule has 0 bridgehead atoms. The van der Waals surface area contributed by atoms with Gasteiger partial charge >= 0.3 is 5.97 Å². The molecule has 0 fully saturated rings. The van der Waals surface area contributed by atoms with Crippen LogP contribution in [0.4, 0.5) is 5.69 Å². The third-order valence-corrected chi connectivity index (χ3v) is 5.62. The number of hydrogen-bond acceptors (Lipinski definition) is 6. The van der Waals surface area contributed by atoms with Crippen molar-refractivity contribution >= 4 is 38.9 Å². The summed E-state index contributed by atoms with van der Waals surface area (Å²) < 4.78 is 27.3. The maximum Gasteiger partial charge on any atom is 0.339 e. The molecule has 0 atom stereocenters. The molecule has 1 aromatic carbocycles. The second-order valence-electron chi connectivity index (χ2n) is 5.47. The molecule has 9 heteroatoms. The normalized spacial score (nSPS) is 11.4. The number of esters is 1.